The number of hydrogen-bond donors (Lipinski definition) is 2. The number of likely N-dealkylation sites (tertiary alicyclic amines) is 1. The Labute approximate surface area is 282 Å². The molecule has 12 nitrogen and oxygen atoms in total. The smallest absolute Gasteiger partial charge is 0.421 e. The second-order valence-corrected chi connectivity index (χ2v) is 13.4. The molecular weight excluding hydrogens is 639 g/mol. The lowest BCUT2D eigenvalue weighted by molar-refractivity contribution is -0.139. The van der Waals surface area contributed by atoms with Gasteiger partial charge in [0.25, 0.3) is 0 Å². The summed E-state index contributed by atoms with van der Waals surface area (Å²) in [4.78, 5) is 48.1. The SMILES string of the molecule is COc1ncc(N2CCc3ncnc(N[C@H]4CCN(CC5CCN(c6cncc(C7CCC(=O)NC7=O)c6)CC5)C4)c3C2)cc1C(F)(F)F. The first kappa shape index (κ1) is 33.0. The van der Waals surface area contributed by atoms with Crippen molar-refractivity contribution >= 4 is 29.0 Å². The normalized spacial score (nSPS) is 22.2. The zero-order chi connectivity index (χ0) is 34.1. The summed E-state index contributed by atoms with van der Waals surface area (Å²) in [6.45, 7) is 5.61. The van der Waals surface area contributed by atoms with Crippen molar-refractivity contribution in [3.63, 3.8) is 0 Å². The highest BCUT2D eigenvalue weighted by Crippen LogP contribution is 2.38. The van der Waals surface area contributed by atoms with Crippen LogP contribution in [0.4, 0.5) is 30.4 Å². The van der Waals surface area contributed by atoms with E-state index in [-0.39, 0.29) is 23.8 Å². The van der Waals surface area contributed by atoms with Crippen LogP contribution in [0.3, 0.4) is 0 Å². The Bertz CT molecular complexity index is 1700. The average Bonchev–Trinajstić information content (AvgIpc) is 3.54. The number of fused-ring (bicyclic) bond motifs is 1. The number of nitrogens with zero attached hydrogens (tertiary/aromatic N) is 7. The fourth-order valence-electron chi connectivity index (χ4n) is 7.53. The number of amides is 2. The second kappa shape index (κ2) is 13.8. The molecule has 4 aliphatic heterocycles. The van der Waals surface area contributed by atoms with Crippen molar-refractivity contribution in [1.29, 1.82) is 0 Å². The molecule has 0 radical (unpaired) electrons. The minimum Gasteiger partial charge on any atom is -0.481 e. The van der Waals surface area contributed by atoms with Gasteiger partial charge in [-0.25, -0.2) is 15.0 Å². The fourth-order valence-corrected chi connectivity index (χ4v) is 7.53. The highest BCUT2D eigenvalue weighted by atomic mass is 19.4. The van der Waals surface area contributed by atoms with Gasteiger partial charge >= 0.3 is 6.18 Å². The molecule has 260 valence electrons. The number of carbonyl (C=O) groups is 2. The van der Waals surface area contributed by atoms with Gasteiger partial charge in [0, 0.05) is 76.5 Å². The molecule has 0 bridgehead atoms. The van der Waals surface area contributed by atoms with Crippen LogP contribution < -0.4 is 25.2 Å². The molecule has 49 heavy (non-hydrogen) atoms. The average molecular weight is 680 g/mol. The van der Waals surface area contributed by atoms with Gasteiger partial charge < -0.3 is 24.8 Å². The molecule has 15 heteroatoms. The van der Waals surface area contributed by atoms with Gasteiger partial charge in [0.1, 0.15) is 17.7 Å². The Hall–Kier alpha value is -4.53. The van der Waals surface area contributed by atoms with Gasteiger partial charge in [0.2, 0.25) is 17.7 Å². The summed E-state index contributed by atoms with van der Waals surface area (Å²) in [5.74, 6) is 0.0576. The third-order valence-electron chi connectivity index (χ3n) is 10.2. The lowest BCUT2D eigenvalue weighted by atomic mass is 9.91. The van der Waals surface area contributed by atoms with Gasteiger partial charge in [-0.05, 0) is 49.3 Å². The number of nitrogens with one attached hydrogen (secondary N) is 2. The minimum absolute atomic E-state index is 0.204. The van der Waals surface area contributed by atoms with Crippen molar-refractivity contribution in [3.8, 4) is 5.88 Å². The number of piperidine rings is 2. The van der Waals surface area contributed by atoms with Crippen LogP contribution in [0.25, 0.3) is 0 Å². The third kappa shape index (κ3) is 7.26. The van der Waals surface area contributed by atoms with E-state index in [4.69, 9.17) is 4.74 Å². The molecule has 1 unspecified atom stereocenters. The summed E-state index contributed by atoms with van der Waals surface area (Å²) in [7, 11) is 1.18. The molecule has 3 aromatic heterocycles. The minimum atomic E-state index is -4.58. The lowest BCUT2D eigenvalue weighted by Crippen LogP contribution is -2.40. The molecule has 0 spiro atoms. The molecule has 7 rings (SSSR count). The number of methoxy groups -OCH3 is 1. The van der Waals surface area contributed by atoms with Gasteiger partial charge in [-0.1, -0.05) is 0 Å². The van der Waals surface area contributed by atoms with Crippen LogP contribution in [0, 0.1) is 5.92 Å². The molecular formula is C34H40F3N9O3. The highest BCUT2D eigenvalue weighted by Gasteiger charge is 2.37. The van der Waals surface area contributed by atoms with E-state index < -0.39 is 17.6 Å². The molecule has 0 aliphatic carbocycles. The van der Waals surface area contributed by atoms with Crippen molar-refractivity contribution < 1.29 is 27.5 Å². The van der Waals surface area contributed by atoms with E-state index in [1.54, 1.807) is 12.5 Å². The van der Waals surface area contributed by atoms with E-state index in [0.29, 0.717) is 44.0 Å². The summed E-state index contributed by atoms with van der Waals surface area (Å²) in [6.07, 6.45) is 6.51. The molecule has 2 amide bonds. The van der Waals surface area contributed by atoms with E-state index in [9.17, 15) is 22.8 Å². The van der Waals surface area contributed by atoms with Crippen LogP contribution >= 0.6 is 0 Å². The quantitative estimate of drug-likeness (QED) is 0.338. The third-order valence-corrected chi connectivity index (χ3v) is 10.2. The van der Waals surface area contributed by atoms with Gasteiger partial charge in [0.05, 0.1) is 42.5 Å². The summed E-state index contributed by atoms with van der Waals surface area (Å²) in [5.41, 5.74) is 3.16. The number of anilines is 3. The van der Waals surface area contributed by atoms with Crippen molar-refractivity contribution in [2.75, 3.05) is 61.5 Å². The van der Waals surface area contributed by atoms with E-state index >= 15 is 0 Å². The number of carbonyl (C=O) groups excluding carboxylic acids is 2. The van der Waals surface area contributed by atoms with Crippen LogP contribution in [0.1, 0.15) is 60.4 Å². The summed E-state index contributed by atoms with van der Waals surface area (Å²) in [6, 6.07) is 3.35. The van der Waals surface area contributed by atoms with Crippen molar-refractivity contribution in [2.45, 2.75) is 63.2 Å². The lowest BCUT2D eigenvalue weighted by Gasteiger charge is -2.35. The molecule has 0 saturated carbocycles. The first-order valence-corrected chi connectivity index (χ1v) is 16.9. The Morgan fingerprint density at radius 3 is 2.53 bits per heavy atom. The number of alkyl halides is 3. The van der Waals surface area contributed by atoms with Crippen molar-refractivity contribution in [1.82, 2.24) is 30.2 Å². The van der Waals surface area contributed by atoms with Crippen LogP contribution in [-0.4, -0.2) is 89.1 Å². The molecule has 2 atom stereocenters. The van der Waals surface area contributed by atoms with Gasteiger partial charge in [0.15, 0.2) is 0 Å². The van der Waals surface area contributed by atoms with Crippen molar-refractivity contribution in [3.05, 3.63) is 59.4 Å². The topological polar surface area (TPSA) is 129 Å². The monoisotopic (exact) mass is 679 g/mol. The Balaban J connectivity index is 0.927. The molecule has 3 saturated heterocycles. The van der Waals surface area contributed by atoms with Crippen molar-refractivity contribution in [2.24, 2.45) is 5.92 Å². The molecule has 7 heterocycles. The van der Waals surface area contributed by atoms with Crippen LogP contribution in [0.5, 0.6) is 5.88 Å². The fraction of sp³-hybridized carbons (Fsp3) is 0.529. The first-order chi connectivity index (χ1) is 23.6. The molecule has 3 aromatic rings. The van der Waals surface area contributed by atoms with E-state index in [2.05, 4.69) is 40.4 Å². The molecule has 2 N–H and O–H groups in total. The van der Waals surface area contributed by atoms with E-state index in [0.717, 1.165) is 86.4 Å². The predicted octanol–water partition coefficient (Wildman–Crippen LogP) is 3.78. The number of hydrogen-bond acceptors (Lipinski definition) is 11. The summed E-state index contributed by atoms with van der Waals surface area (Å²) in [5, 5.41) is 6.07. The maximum absolute atomic E-state index is 13.7. The zero-order valence-electron chi connectivity index (χ0n) is 27.4. The zero-order valence-corrected chi connectivity index (χ0v) is 27.4. The van der Waals surface area contributed by atoms with Gasteiger partial charge in [-0.3, -0.25) is 19.9 Å². The Morgan fingerprint density at radius 2 is 1.76 bits per heavy atom. The number of imide groups is 1. The number of ether oxygens (including phenoxy) is 1. The summed E-state index contributed by atoms with van der Waals surface area (Å²) < 4.78 is 45.9. The first-order valence-electron chi connectivity index (χ1n) is 16.9. The van der Waals surface area contributed by atoms with Gasteiger partial charge in [-0.15, -0.1) is 0 Å². The van der Waals surface area contributed by atoms with Crippen LogP contribution in [0.15, 0.2) is 37.1 Å². The Morgan fingerprint density at radius 1 is 0.939 bits per heavy atom. The maximum atomic E-state index is 13.7. The van der Waals surface area contributed by atoms with E-state index in [1.807, 2.05) is 17.2 Å². The number of aromatic nitrogens is 4. The predicted molar refractivity (Wildman–Crippen MR) is 175 cm³/mol. The largest absolute Gasteiger partial charge is 0.481 e. The van der Waals surface area contributed by atoms with E-state index in [1.165, 1.54) is 13.3 Å². The van der Waals surface area contributed by atoms with Gasteiger partial charge in [-0.2, -0.15) is 13.2 Å². The molecule has 0 aromatic carbocycles. The molecule has 4 aliphatic rings. The number of rotatable bonds is 8. The highest BCUT2D eigenvalue weighted by molar-refractivity contribution is 6.01. The summed E-state index contributed by atoms with van der Waals surface area (Å²) >= 11 is 0. The van der Waals surface area contributed by atoms with Crippen LogP contribution in [-0.2, 0) is 28.7 Å². The maximum Gasteiger partial charge on any atom is 0.421 e. The Kier molecular flexibility index (Phi) is 9.27. The number of halogens is 3. The molecule has 3 fully saturated rings. The second-order valence-electron chi connectivity index (χ2n) is 13.4. The van der Waals surface area contributed by atoms with Crippen LogP contribution in [0.2, 0.25) is 0 Å². The number of pyridine rings is 2. The standard InChI is InChI=1S/C34H40F3N9O3/c1-49-33-28(34(35,36)37)13-25(16-39-33)46-11-7-29-27(19-46)31(41-20-40-29)42-23-6-8-44(18-23)17-21-4-9-45(10-5-21)24-12-22(14-38-15-24)26-2-3-30(47)43-32(26)48/h12-16,20-21,23,26H,2-11,17-19H2,1H3,(H,40,41,42)(H,43,47,48)/t23-,26?/m0/s1.